The first kappa shape index (κ1) is 55.6. The summed E-state index contributed by atoms with van der Waals surface area (Å²) in [6.45, 7) is 4.85. The monoisotopic (exact) mass is 806 g/mol. The summed E-state index contributed by atoms with van der Waals surface area (Å²) in [7, 11) is 0. The highest BCUT2D eigenvalue weighted by Crippen LogP contribution is 2.16. The number of hydrogen-bond donors (Lipinski definition) is 3. The van der Waals surface area contributed by atoms with Crippen molar-refractivity contribution in [3.05, 3.63) is 12.2 Å². The Balaban J connectivity index is 3.41. The molecule has 0 aliphatic heterocycles. The first-order valence-electron chi connectivity index (χ1n) is 25.5. The van der Waals surface area contributed by atoms with Crippen LogP contribution in [0.5, 0.6) is 0 Å². The van der Waals surface area contributed by atoms with Gasteiger partial charge in [-0.25, -0.2) is 0 Å². The molecule has 0 saturated carbocycles. The summed E-state index contributed by atoms with van der Waals surface area (Å²) in [5.74, 6) is -0.0920. The SMILES string of the molecule is CCCCCCCCC/C=C/C(O)C(CO)NC(=O)CCCCCCCCCCCCCCOC(=O)CCCCCCCCCCCCCCCCCCCCC. The number of hydrogen-bond acceptors (Lipinski definition) is 5. The van der Waals surface area contributed by atoms with Crippen LogP contribution < -0.4 is 5.32 Å². The highest BCUT2D eigenvalue weighted by molar-refractivity contribution is 5.76. The van der Waals surface area contributed by atoms with E-state index in [2.05, 4.69) is 19.2 Å². The highest BCUT2D eigenvalue weighted by Gasteiger charge is 2.18. The fourth-order valence-corrected chi connectivity index (χ4v) is 7.87. The molecule has 6 heteroatoms. The Morgan fingerprint density at radius 1 is 0.474 bits per heavy atom. The maximum atomic E-state index is 12.4. The molecule has 0 bridgehead atoms. The molecule has 0 heterocycles. The van der Waals surface area contributed by atoms with Gasteiger partial charge in [0.2, 0.25) is 5.91 Å². The van der Waals surface area contributed by atoms with Crippen molar-refractivity contribution >= 4 is 11.9 Å². The summed E-state index contributed by atoms with van der Waals surface area (Å²) in [6, 6.07) is -0.636. The van der Waals surface area contributed by atoms with Crippen molar-refractivity contribution in [2.75, 3.05) is 13.2 Å². The maximum absolute atomic E-state index is 12.4. The summed E-state index contributed by atoms with van der Waals surface area (Å²) in [5.41, 5.74) is 0. The van der Waals surface area contributed by atoms with E-state index in [0.29, 0.717) is 19.4 Å². The second kappa shape index (κ2) is 47.3. The zero-order chi connectivity index (χ0) is 41.5. The minimum absolute atomic E-state index is 0.00659. The summed E-state index contributed by atoms with van der Waals surface area (Å²) in [5, 5.41) is 22.9. The van der Waals surface area contributed by atoms with Crippen LogP contribution in [0.15, 0.2) is 12.2 Å². The van der Waals surface area contributed by atoms with Gasteiger partial charge < -0.3 is 20.3 Å². The first-order chi connectivity index (χ1) is 28.0. The molecule has 3 N–H and O–H groups in total. The van der Waals surface area contributed by atoms with Crippen LogP contribution in [-0.2, 0) is 14.3 Å². The summed E-state index contributed by atoms with van der Waals surface area (Å²) >= 11 is 0. The minimum Gasteiger partial charge on any atom is -0.466 e. The molecule has 2 unspecified atom stereocenters. The van der Waals surface area contributed by atoms with E-state index in [1.54, 1.807) is 6.08 Å². The topological polar surface area (TPSA) is 95.9 Å². The maximum Gasteiger partial charge on any atom is 0.305 e. The normalized spacial score (nSPS) is 12.7. The average Bonchev–Trinajstić information content (AvgIpc) is 3.21. The van der Waals surface area contributed by atoms with Crippen LogP contribution in [0.25, 0.3) is 0 Å². The molecule has 0 fully saturated rings. The Labute approximate surface area is 355 Å². The van der Waals surface area contributed by atoms with Gasteiger partial charge in [0.15, 0.2) is 0 Å². The van der Waals surface area contributed by atoms with E-state index in [4.69, 9.17) is 4.74 Å². The number of aliphatic hydroxyl groups is 2. The number of unbranched alkanes of at least 4 members (excludes halogenated alkanes) is 36. The fourth-order valence-electron chi connectivity index (χ4n) is 7.87. The Morgan fingerprint density at radius 2 is 0.807 bits per heavy atom. The molecule has 6 nitrogen and oxygen atoms in total. The molecule has 2 atom stereocenters. The smallest absolute Gasteiger partial charge is 0.305 e. The number of amides is 1. The molecule has 0 aromatic carbocycles. The molecule has 1 amide bonds. The van der Waals surface area contributed by atoms with Crippen molar-refractivity contribution in [1.82, 2.24) is 5.32 Å². The number of esters is 1. The van der Waals surface area contributed by atoms with Gasteiger partial charge in [-0.05, 0) is 32.1 Å². The van der Waals surface area contributed by atoms with Gasteiger partial charge >= 0.3 is 5.97 Å². The van der Waals surface area contributed by atoms with Crippen LogP contribution in [0.4, 0.5) is 0 Å². The number of rotatable bonds is 47. The quantitative estimate of drug-likeness (QED) is 0.0323. The zero-order valence-electron chi connectivity index (χ0n) is 38.3. The molecule has 0 saturated heterocycles. The lowest BCUT2D eigenvalue weighted by Gasteiger charge is -2.20. The van der Waals surface area contributed by atoms with Crippen LogP contribution in [0.1, 0.15) is 277 Å². The number of carbonyl (C=O) groups is 2. The third kappa shape index (κ3) is 44.0. The van der Waals surface area contributed by atoms with Crippen LogP contribution in [0, 0.1) is 0 Å². The molecule has 338 valence electrons. The van der Waals surface area contributed by atoms with E-state index in [9.17, 15) is 19.8 Å². The van der Waals surface area contributed by atoms with Crippen molar-refractivity contribution in [2.45, 2.75) is 289 Å². The van der Waals surface area contributed by atoms with Gasteiger partial charge in [0.25, 0.3) is 0 Å². The van der Waals surface area contributed by atoms with Gasteiger partial charge in [-0.3, -0.25) is 9.59 Å². The molecular formula is C51H99NO5. The Kier molecular flexibility index (Phi) is 46.1. The van der Waals surface area contributed by atoms with Crippen molar-refractivity contribution in [2.24, 2.45) is 0 Å². The number of aliphatic hydroxyl groups excluding tert-OH is 2. The van der Waals surface area contributed by atoms with E-state index >= 15 is 0 Å². The number of nitrogens with one attached hydrogen (secondary N) is 1. The van der Waals surface area contributed by atoms with Gasteiger partial charge in [-0.2, -0.15) is 0 Å². The van der Waals surface area contributed by atoms with E-state index in [-0.39, 0.29) is 18.5 Å². The molecule has 0 rings (SSSR count). The lowest BCUT2D eigenvalue weighted by Crippen LogP contribution is -2.45. The van der Waals surface area contributed by atoms with Crippen LogP contribution in [0.3, 0.4) is 0 Å². The molecule has 0 spiro atoms. The summed E-state index contributed by atoms with van der Waals surface area (Å²) < 4.78 is 5.47. The minimum atomic E-state index is -0.851. The van der Waals surface area contributed by atoms with Gasteiger partial charge in [0.1, 0.15) is 0 Å². The zero-order valence-corrected chi connectivity index (χ0v) is 38.3. The largest absolute Gasteiger partial charge is 0.466 e. The van der Waals surface area contributed by atoms with E-state index in [1.807, 2.05) is 6.08 Å². The van der Waals surface area contributed by atoms with Gasteiger partial charge in [0.05, 0.1) is 25.4 Å². The lowest BCUT2D eigenvalue weighted by molar-refractivity contribution is -0.143. The molecular weight excluding hydrogens is 707 g/mol. The molecule has 0 aromatic heterocycles. The number of carbonyl (C=O) groups excluding carboxylic acids is 2. The summed E-state index contributed by atoms with van der Waals surface area (Å²) in [6.07, 6.45) is 53.6. The molecule has 0 aliphatic carbocycles. The Bertz CT molecular complexity index is 847. The van der Waals surface area contributed by atoms with Crippen LogP contribution >= 0.6 is 0 Å². The predicted molar refractivity (Wildman–Crippen MR) is 246 cm³/mol. The van der Waals surface area contributed by atoms with Crippen molar-refractivity contribution < 1.29 is 24.5 Å². The second-order valence-electron chi connectivity index (χ2n) is 17.5. The molecule has 57 heavy (non-hydrogen) atoms. The summed E-state index contributed by atoms with van der Waals surface area (Å²) in [4.78, 5) is 24.4. The van der Waals surface area contributed by atoms with Gasteiger partial charge in [0, 0.05) is 12.8 Å². The third-order valence-electron chi connectivity index (χ3n) is 11.8. The van der Waals surface area contributed by atoms with Crippen LogP contribution in [0.2, 0.25) is 0 Å². The first-order valence-corrected chi connectivity index (χ1v) is 25.5. The fraction of sp³-hybridized carbons (Fsp3) is 0.922. The van der Waals surface area contributed by atoms with Crippen LogP contribution in [-0.4, -0.2) is 47.4 Å². The van der Waals surface area contributed by atoms with E-state index < -0.39 is 12.1 Å². The number of ether oxygens (including phenoxy) is 1. The molecule has 0 aliphatic rings. The number of allylic oxidation sites excluding steroid dienone is 1. The second-order valence-corrected chi connectivity index (χ2v) is 17.5. The van der Waals surface area contributed by atoms with Gasteiger partial charge in [-0.1, -0.05) is 244 Å². The third-order valence-corrected chi connectivity index (χ3v) is 11.8. The van der Waals surface area contributed by atoms with Crippen molar-refractivity contribution in [1.29, 1.82) is 0 Å². The lowest BCUT2D eigenvalue weighted by atomic mass is 10.0. The van der Waals surface area contributed by atoms with Crippen molar-refractivity contribution in [3.8, 4) is 0 Å². The Morgan fingerprint density at radius 3 is 1.19 bits per heavy atom. The van der Waals surface area contributed by atoms with Crippen molar-refractivity contribution in [3.63, 3.8) is 0 Å². The Hall–Kier alpha value is -1.40. The standard InChI is InChI=1S/C51H99NO5/c1-3-5-7-9-11-13-14-15-16-17-18-19-20-21-25-29-33-37-41-45-51(56)57-46-42-38-34-30-26-23-22-24-28-32-36-40-44-50(55)52-48(47-53)49(54)43-39-35-31-27-12-10-8-6-4-2/h39,43,48-49,53-54H,3-38,40-42,44-47H2,1-2H3,(H,52,55)/b43-39+. The van der Waals surface area contributed by atoms with E-state index in [0.717, 1.165) is 57.8 Å². The van der Waals surface area contributed by atoms with Gasteiger partial charge in [-0.15, -0.1) is 0 Å². The van der Waals surface area contributed by atoms with E-state index in [1.165, 1.54) is 193 Å². The molecule has 0 radical (unpaired) electrons. The highest BCUT2D eigenvalue weighted by atomic mass is 16.5. The molecule has 0 aromatic rings. The predicted octanol–water partition coefficient (Wildman–Crippen LogP) is 15.0. The average molecular weight is 806 g/mol.